The van der Waals surface area contributed by atoms with Crippen LogP contribution in [0.2, 0.25) is 0 Å². The molecule has 0 saturated carbocycles. The van der Waals surface area contributed by atoms with Crippen molar-refractivity contribution in [3.05, 3.63) is 37.0 Å². The second kappa shape index (κ2) is 10.7. The molecule has 0 N–H and O–H groups in total. The van der Waals surface area contributed by atoms with Gasteiger partial charge in [-0.15, -0.1) is 0 Å². The van der Waals surface area contributed by atoms with E-state index in [-0.39, 0.29) is 0 Å². The quantitative estimate of drug-likeness (QED) is 0.427. The van der Waals surface area contributed by atoms with E-state index in [0.717, 1.165) is 19.3 Å². The molecule has 0 atom stereocenters. The predicted octanol–water partition coefficient (Wildman–Crippen LogP) is 3.76. The molecule has 70 valence electrons. The largest absolute Gasteiger partial charge is 0.198 e. The minimum atomic E-state index is 0.695. The maximum absolute atomic E-state index is 8.28. The molecule has 0 aliphatic rings. The van der Waals surface area contributed by atoms with Crippen LogP contribution in [0.4, 0.5) is 0 Å². The lowest BCUT2D eigenvalue weighted by Gasteiger charge is -1.91. The molecule has 0 spiro atoms. The van der Waals surface area contributed by atoms with Crippen LogP contribution in [0.15, 0.2) is 37.0 Å². The minimum absolute atomic E-state index is 0.695. The maximum Gasteiger partial charge on any atom is 0.0621 e. The van der Waals surface area contributed by atoms with E-state index >= 15 is 0 Å². The first-order valence-corrected chi connectivity index (χ1v) is 4.73. The molecule has 1 heteroatoms. The van der Waals surface area contributed by atoms with Crippen molar-refractivity contribution < 1.29 is 0 Å². The summed E-state index contributed by atoms with van der Waals surface area (Å²) in [6, 6.07) is 2.15. The van der Waals surface area contributed by atoms with Gasteiger partial charge in [0.15, 0.2) is 0 Å². The lowest BCUT2D eigenvalue weighted by molar-refractivity contribution is 0.700. The highest BCUT2D eigenvalue weighted by atomic mass is 14.2. The van der Waals surface area contributed by atoms with Crippen molar-refractivity contribution in [2.75, 3.05) is 0 Å². The number of unbranched alkanes of at least 4 members (excludes halogenated alkanes) is 4. The second-order valence-corrected chi connectivity index (χ2v) is 2.81. The lowest BCUT2D eigenvalue weighted by Crippen LogP contribution is -1.74. The predicted molar refractivity (Wildman–Crippen MR) is 57.2 cm³/mol. The first-order valence-electron chi connectivity index (χ1n) is 4.73. The average molecular weight is 175 g/mol. The zero-order chi connectivity index (χ0) is 9.78. The fourth-order valence-electron chi connectivity index (χ4n) is 0.961. The van der Waals surface area contributed by atoms with E-state index in [0.29, 0.717) is 6.42 Å². The highest BCUT2D eigenvalue weighted by Crippen LogP contribution is 2.02. The van der Waals surface area contributed by atoms with Gasteiger partial charge >= 0.3 is 0 Å². The van der Waals surface area contributed by atoms with Gasteiger partial charge in [-0.3, -0.25) is 0 Å². The molecule has 0 bridgehead atoms. The van der Waals surface area contributed by atoms with E-state index < -0.39 is 0 Å². The summed E-state index contributed by atoms with van der Waals surface area (Å²) in [7, 11) is 0. The van der Waals surface area contributed by atoms with Crippen molar-refractivity contribution in [2.24, 2.45) is 0 Å². The van der Waals surface area contributed by atoms with Gasteiger partial charge in [0.25, 0.3) is 0 Å². The van der Waals surface area contributed by atoms with E-state index in [1.807, 2.05) is 18.2 Å². The molecule has 0 saturated heterocycles. The summed E-state index contributed by atoms with van der Waals surface area (Å²) in [5.74, 6) is 0. The number of nitriles is 1. The third kappa shape index (κ3) is 10.7. The summed E-state index contributed by atoms with van der Waals surface area (Å²) in [6.07, 6.45) is 15.0. The summed E-state index contributed by atoms with van der Waals surface area (Å²) in [5, 5.41) is 8.28. The van der Waals surface area contributed by atoms with Crippen LogP contribution in [0, 0.1) is 11.3 Å². The minimum Gasteiger partial charge on any atom is -0.198 e. The SMILES string of the molecule is C=C/C=C/C=C/CCCCCC#N. The van der Waals surface area contributed by atoms with Crippen LogP contribution in [0.25, 0.3) is 0 Å². The van der Waals surface area contributed by atoms with Gasteiger partial charge in [-0.2, -0.15) is 5.26 Å². The molecule has 0 aromatic rings. The van der Waals surface area contributed by atoms with E-state index in [4.69, 9.17) is 5.26 Å². The Hall–Kier alpha value is -1.29. The Morgan fingerprint density at radius 3 is 2.62 bits per heavy atom. The van der Waals surface area contributed by atoms with Gasteiger partial charge in [0.1, 0.15) is 0 Å². The fraction of sp³-hybridized carbons (Fsp3) is 0.417. The van der Waals surface area contributed by atoms with Crippen molar-refractivity contribution >= 4 is 0 Å². The molecule has 13 heavy (non-hydrogen) atoms. The summed E-state index contributed by atoms with van der Waals surface area (Å²) >= 11 is 0. The summed E-state index contributed by atoms with van der Waals surface area (Å²) in [4.78, 5) is 0. The van der Waals surface area contributed by atoms with Crippen LogP contribution >= 0.6 is 0 Å². The fourth-order valence-corrected chi connectivity index (χ4v) is 0.961. The molecule has 0 aromatic heterocycles. The van der Waals surface area contributed by atoms with Crippen molar-refractivity contribution in [1.29, 1.82) is 5.26 Å². The molecule has 0 fully saturated rings. The molecule has 0 amide bonds. The molecule has 0 aliphatic carbocycles. The Bertz CT molecular complexity index is 206. The third-order valence-electron chi connectivity index (χ3n) is 1.65. The van der Waals surface area contributed by atoms with Gasteiger partial charge in [-0.1, -0.05) is 43.4 Å². The zero-order valence-corrected chi connectivity index (χ0v) is 8.08. The highest BCUT2D eigenvalue weighted by Gasteiger charge is 1.85. The first-order chi connectivity index (χ1) is 6.41. The van der Waals surface area contributed by atoms with E-state index in [9.17, 15) is 0 Å². The molecule has 0 heterocycles. The van der Waals surface area contributed by atoms with Crippen LogP contribution in [0.1, 0.15) is 32.1 Å². The Balaban J connectivity index is 3.16. The van der Waals surface area contributed by atoms with Crippen molar-refractivity contribution in [1.82, 2.24) is 0 Å². The number of rotatable bonds is 7. The Labute approximate surface area is 81.1 Å². The van der Waals surface area contributed by atoms with Gasteiger partial charge < -0.3 is 0 Å². The Morgan fingerprint density at radius 2 is 1.92 bits per heavy atom. The van der Waals surface area contributed by atoms with Gasteiger partial charge in [0.05, 0.1) is 6.07 Å². The molecule has 0 radical (unpaired) electrons. The maximum atomic E-state index is 8.28. The normalized spacial score (nSPS) is 10.7. The third-order valence-corrected chi connectivity index (χ3v) is 1.65. The summed E-state index contributed by atoms with van der Waals surface area (Å²) < 4.78 is 0. The Kier molecular flexibility index (Phi) is 9.65. The smallest absolute Gasteiger partial charge is 0.0621 e. The number of allylic oxidation sites excluding steroid dienone is 5. The van der Waals surface area contributed by atoms with Gasteiger partial charge in [-0.05, 0) is 19.3 Å². The van der Waals surface area contributed by atoms with E-state index in [2.05, 4.69) is 18.7 Å². The standard InChI is InChI=1S/C12H17N/c1-2-3-4-5-6-7-8-9-10-11-12-13/h2-6H,1,7-11H2/b4-3+,6-5+. The van der Waals surface area contributed by atoms with Crippen LogP contribution < -0.4 is 0 Å². The van der Waals surface area contributed by atoms with E-state index in [1.54, 1.807) is 6.08 Å². The van der Waals surface area contributed by atoms with Gasteiger partial charge in [0.2, 0.25) is 0 Å². The average Bonchev–Trinajstić information content (AvgIpc) is 2.16. The number of nitrogens with zero attached hydrogens (tertiary/aromatic N) is 1. The molecular formula is C12H17N. The van der Waals surface area contributed by atoms with Crippen LogP contribution in [-0.2, 0) is 0 Å². The van der Waals surface area contributed by atoms with Crippen LogP contribution in [-0.4, -0.2) is 0 Å². The molecule has 1 nitrogen and oxygen atoms in total. The number of hydrogen-bond acceptors (Lipinski definition) is 1. The number of hydrogen-bond donors (Lipinski definition) is 0. The van der Waals surface area contributed by atoms with Gasteiger partial charge in [-0.25, -0.2) is 0 Å². The van der Waals surface area contributed by atoms with Crippen LogP contribution in [0.5, 0.6) is 0 Å². The highest BCUT2D eigenvalue weighted by molar-refractivity contribution is 5.08. The zero-order valence-electron chi connectivity index (χ0n) is 8.08. The second-order valence-electron chi connectivity index (χ2n) is 2.81. The topological polar surface area (TPSA) is 23.8 Å². The van der Waals surface area contributed by atoms with Crippen molar-refractivity contribution in [3.63, 3.8) is 0 Å². The monoisotopic (exact) mass is 175 g/mol. The molecule has 0 aliphatic heterocycles. The molecule has 0 aromatic carbocycles. The van der Waals surface area contributed by atoms with E-state index in [1.165, 1.54) is 6.42 Å². The van der Waals surface area contributed by atoms with Crippen LogP contribution in [0.3, 0.4) is 0 Å². The molecule has 0 rings (SSSR count). The lowest BCUT2D eigenvalue weighted by atomic mass is 10.1. The van der Waals surface area contributed by atoms with Crippen molar-refractivity contribution in [3.8, 4) is 6.07 Å². The Morgan fingerprint density at radius 1 is 1.08 bits per heavy atom. The summed E-state index contributed by atoms with van der Waals surface area (Å²) in [6.45, 7) is 3.58. The first kappa shape index (κ1) is 11.7. The van der Waals surface area contributed by atoms with Crippen molar-refractivity contribution in [2.45, 2.75) is 32.1 Å². The molecular weight excluding hydrogens is 158 g/mol. The molecule has 0 unspecified atom stereocenters. The summed E-state index contributed by atoms with van der Waals surface area (Å²) in [5.41, 5.74) is 0. The van der Waals surface area contributed by atoms with Gasteiger partial charge in [0, 0.05) is 6.42 Å².